The molecule has 0 aliphatic carbocycles. The highest BCUT2D eigenvalue weighted by molar-refractivity contribution is 6.04. The van der Waals surface area contributed by atoms with Crippen LogP contribution in [0.5, 0.6) is 0 Å². The molecule has 17 heavy (non-hydrogen) atoms. The molecule has 1 rings (SSSR count). The number of carbonyl (C=O) groups is 1. The summed E-state index contributed by atoms with van der Waals surface area (Å²) in [6, 6.07) is 2.05. The monoisotopic (exact) mass is 245 g/mol. The molecule has 0 radical (unpaired) electrons. The van der Waals surface area contributed by atoms with Crippen molar-refractivity contribution in [3.8, 4) is 0 Å². The second-order valence-corrected chi connectivity index (χ2v) is 3.06. The van der Waals surface area contributed by atoms with Crippen LogP contribution in [0.4, 0.5) is 18.9 Å². The molecule has 0 saturated heterocycles. The van der Waals surface area contributed by atoms with Crippen LogP contribution in [-0.4, -0.2) is 10.7 Å². The minimum Gasteiger partial charge on any atom is -0.289 e. The Morgan fingerprint density at radius 2 is 2.00 bits per heavy atom. The molecule has 4 nitrogen and oxygen atoms in total. The van der Waals surface area contributed by atoms with E-state index in [-0.39, 0.29) is 5.56 Å². The van der Waals surface area contributed by atoms with E-state index in [9.17, 15) is 28.1 Å². The summed E-state index contributed by atoms with van der Waals surface area (Å²) in [4.78, 5) is 20.4. The number of hydrogen-bond acceptors (Lipinski definition) is 3. The third-order valence-corrected chi connectivity index (χ3v) is 1.97. The first-order valence-corrected chi connectivity index (χ1v) is 4.29. The van der Waals surface area contributed by atoms with Crippen molar-refractivity contribution in [3.63, 3.8) is 0 Å². The van der Waals surface area contributed by atoms with Crippen molar-refractivity contribution in [2.24, 2.45) is 0 Å². The molecule has 7 heteroatoms. The van der Waals surface area contributed by atoms with Gasteiger partial charge in [0.1, 0.15) is 5.56 Å². The number of nitrogens with zero attached hydrogens (tertiary/aromatic N) is 1. The molecule has 0 amide bonds. The second-order valence-electron chi connectivity index (χ2n) is 3.06. The van der Waals surface area contributed by atoms with Gasteiger partial charge in [-0.05, 0) is 18.2 Å². The lowest BCUT2D eigenvalue weighted by Gasteiger charge is -2.08. The van der Waals surface area contributed by atoms with Crippen LogP contribution in [0.15, 0.2) is 30.9 Å². The summed E-state index contributed by atoms with van der Waals surface area (Å²) in [5.41, 5.74) is -2.83. The van der Waals surface area contributed by atoms with Gasteiger partial charge in [0.25, 0.3) is 5.69 Å². The van der Waals surface area contributed by atoms with Crippen LogP contribution in [0, 0.1) is 10.1 Å². The molecule has 1 aromatic carbocycles. The third kappa shape index (κ3) is 2.68. The van der Waals surface area contributed by atoms with E-state index in [1.165, 1.54) is 0 Å². The van der Waals surface area contributed by atoms with Gasteiger partial charge in [0.05, 0.1) is 4.92 Å². The number of carbonyl (C=O) groups excluding carboxylic acids is 1. The molecule has 0 fully saturated rings. The zero-order valence-corrected chi connectivity index (χ0v) is 8.32. The number of ketones is 1. The molecule has 0 N–H and O–H groups in total. The van der Waals surface area contributed by atoms with Crippen LogP contribution < -0.4 is 0 Å². The summed E-state index contributed by atoms with van der Waals surface area (Å²) in [6.07, 6.45) is -4.05. The molecule has 0 spiro atoms. The molecule has 0 bridgehead atoms. The van der Waals surface area contributed by atoms with E-state index in [1.54, 1.807) is 0 Å². The SMILES string of the molecule is C=CC(=O)c1ccc([N+](=O)[O-])c(C(F)(F)F)c1. The standard InChI is InChI=1S/C10H6F3NO3/c1-2-9(15)6-3-4-8(14(16)17)7(5-6)10(11,12)13/h2-5H,1H2. The summed E-state index contributed by atoms with van der Waals surface area (Å²) in [7, 11) is 0. The zero-order valence-electron chi connectivity index (χ0n) is 8.32. The van der Waals surface area contributed by atoms with Gasteiger partial charge in [0.2, 0.25) is 0 Å². The van der Waals surface area contributed by atoms with Gasteiger partial charge in [0.15, 0.2) is 5.78 Å². The Balaban J connectivity index is 3.45. The van der Waals surface area contributed by atoms with E-state index < -0.39 is 28.1 Å². The van der Waals surface area contributed by atoms with Crippen molar-refractivity contribution in [2.45, 2.75) is 6.18 Å². The largest absolute Gasteiger partial charge is 0.423 e. The summed E-state index contributed by atoms with van der Waals surface area (Å²) in [5, 5.41) is 10.4. The predicted octanol–water partition coefficient (Wildman–Crippen LogP) is 2.98. The van der Waals surface area contributed by atoms with E-state index >= 15 is 0 Å². The molecule has 0 aliphatic heterocycles. The van der Waals surface area contributed by atoms with Crippen molar-refractivity contribution in [1.82, 2.24) is 0 Å². The summed E-state index contributed by atoms with van der Waals surface area (Å²) >= 11 is 0. The first-order valence-electron chi connectivity index (χ1n) is 4.29. The van der Waals surface area contributed by atoms with Crippen LogP contribution in [0.3, 0.4) is 0 Å². The van der Waals surface area contributed by atoms with E-state index in [2.05, 4.69) is 6.58 Å². The van der Waals surface area contributed by atoms with Gasteiger partial charge < -0.3 is 0 Å². The van der Waals surface area contributed by atoms with Crippen LogP contribution >= 0.6 is 0 Å². The molecule has 90 valence electrons. The van der Waals surface area contributed by atoms with Crippen LogP contribution in [-0.2, 0) is 6.18 Å². The van der Waals surface area contributed by atoms with E-state index in [0.29, 0.717) is 12.1 Å². The fraction of sp³-hybridized carbons (Fsp3) is 0.100. The lowest BCUT2D eigenvalue weighted by molar-refractivity contribution is -0.388. The van der Waals surface area contributed by atoms with Gasteiger partial charge >= 0.3 is 6.18 Å². The lowest BCUT2D eigenvalue weighted by atomic mass is 10.1. The van der Waals surface area contributed by atoms with E-state index in [0.717, 1.165) is 12.1 Å². The van der Waals surface area contributed by atoms with Crippen molar-refractivity contribution in [3.05, 3.63) is 52.1 Å². The van der Waals surface area contributed by atoms with Crippen LogP contribution in [0.25, 0.3) is 0 Å². The number of allylic oxidation sites excluding steroid dienone is 1. The maximum atomic E-state index is 12.5. The molecule has 0 saturated carbocycles. The first-order chi connectivity index (χ1) is 7.77. The minimum absolute atomic E-state index is 0.294. The third-order valence-electron chi connectivity index (χ3n) is 1.97. The highest BCUT2D eigenvalue weighted by Crippen LogP contribution is 2.36. The summed E-state index contributed by atoms with van der Waals surface area (Å²) in [5.74, 6) is -0.731. The fourth-order valence-electron chi connectivity index (χ4n) is 1.19. The Bertz CT molecular complexity index is 494. The topological polar surface area (TPSA) is 60.2 Å². The number of benzene rings is 1. The molecule has 0 aromatic heterocycles. The Kier molecular flexibility index (Phi) is 3.31. The maximum Gasteiger partial charge on any atom is 0.423 e. The van der Waals surface area contributed by atoms with Gasteiger partial charge in [-0.2, -0.15) is 13.2 Å². The van der Waals surface area contributed by atoms with Gasteiger partial charge in [0, 0.05) is 11.6 Å². The number of alkyl halides is 3. The maximum absolute atomic E-state index is 12.5. The van der Waals surface area contributed by atoms with Gasteiger partial charge in [-0.1, -0.05) is 6.58 Å². The van der Waals surface area contributed by atoms with Crippen molar-refractivity contribution in [2.75, 3.05) is 0 Å². The molecular formula is C10H6F3NO3. The molecule has 0 heterocycles. The van der Waals surface area contributed by atoms with Gasteiger partial charge in [-0.3, -0.25) is 14.9 Å². The number of nitro benzene ring substituents is 1. The normalized spacial score (nSPS) is 11.0. The molecule has 0 atom stereocenters. The Morgan fingerprint density at radius 3 is 2.41 bits per heavy atom. The Morgan fingerprint density at radius 1 is 1.41 bits per heavy atom. The minimum atomic E-state index is -4.89. The highest BCUT2D eigenvalue weighted by atomic mass is 19.4. The smallest absolute Gasteiger partial charge is 0.289 e. The van der Waals surface area contributed by atoms with Crippen LogP contribution in [0.2, 0.25) is 0 Å². The average Bonchev–Trinajstić information content (AvgIpc) is 2.25. The van der Waals surface area contributed by atoms with Gasteiger partial charge in [-0.15, -0.1) is 0 Å². The number of rotatable bonds is 3. The Labute approximate surface area is 93.5 Å². The second kappa shape index (κ2) is 4.36. The zero-order chi connectivity index (χ0) is 13.2. The van der Waals surface area contributed by atoms with Crippen molar-refractivity contribution < 1.29 is 22.9 Å². The molecule has 1 aromatic rings. The number of hydrogen-bond donors (Lipinski definition) is 0. The van der Waals surface area contributed by atoms with Crippen molar-refractivity contribution >= 4 is 11.5 Å². The first kappa shape index (κ1) is 12.9. The summed E-state index contributed by atoms with van der Waals surface area (Å²) < 4.78 is 37.5. The lowest BCUT2D eigenvalue weighted by Crippen LogP contribution is -2.10. The number of nitro groups is 1. The molecule has 0 aliphatic rings. The molecule has 0 unspecified atom stereocenters. The average molecular weight is 245 g/mol. The molecular weight excluding hydrogens is 239 g/mol. The van der Waals surface area contributed by atoms with Crippen LogP contribution in [0.1, 0.15) is 15.9 Å². The Hall–Kier alpha value is -2.18. The van der Waals surface area contributed by atoms with Crippen molar-refractivity contribution in [1.29, 1.82) is 0 Å². The van der Waals surface area contributed by atoms with E-state index in [4.69, 9.17) is 0 Å². The summed E-state index contributed by atoms with van der Waals surface area (Å²) in [6.45, 7) is 3.12. The number of halogens is 3. The quantitative estimate of drug-likeness (QED) is 0.356. The fourth-order valence-corrected chi connectivity index (χ4v) is 1.19. The van der Waals surface area contributed by atoms with Gasteiger partial charge in [-0.25, -0.2) is 0 Å². The van der Waals surface area contributed by atoms with E-state index in [1.807, 2.05) is 0 Å². The predicted molar refractivity (Wildman–Crippen MR) is 52.6 cm³/mol. The highest BCUT2D eigenvalue weighted by Gasteiger charge is 2.38.